The van der Waals surface area contributed by atoms with Crippen LogP contribution in [0.15, 0.2) is 24.5 Å². The first kappa shape index (κ1) is 17.7. The molecule has 25 heavy (non-hydrogen) atoms. The van der Waals surface area contributed by atoms with Crippen LogP contribution in [0.5, 0.6) is 0 Å². The van der Waals surface area contributed by atoms with Crippen molar-refractivity contribution in [3.05, 3.63) is 30.1 Å². The van der Waals surface area contributed by atoms with Gasteiger partial charge in [-0.2, -0.15) is 0 Å². The Hall–Kier alpha value is -2.11. The third kappa shape index (κ3) is 4.11. The Morgan fingerprint density at radius 1 is 1.36 bits per heavy atom. The number of fused-ring (bicyclic) bond motifs is 1. The first-order chi connectivity index (χ1) is 11.8. The van der Waals surface area contributed by atoms with Gasteiger partial charge in [0, 0.05) is 25.5 Å². The Bertz CT molecular complexity index is 627. The highest BCUT2D eigenvalue weighted by molar-refractivity contribution is 5.86. The number of hydrogen-bond acceptors (Lipinski definition) is 4. The van der Waals surface area contributed by atoms with E-state index in [9.17, 15) is 9.59 Å². The predicted molar refractivity (Wildman–Crippen MR) is 93.6 cm³/mol. The van der Waals surface area contributed by atoms with E-state index in [1.807, 2.05) is 32.9 Å². The first-order valence-corrected chi connectivity index (χ1v) is 9.01. The van der Waals surface area contributed by atoms with Crippen LogP contribution < -0.4 is 5.32 Å². The Labute approximate surface area is 148 Å². The minimum absolute atomic E-state index is 0.0934. The minimum atomic E-state index is -0.564. The van der Waals surface area contributed by atoms with Gasteiger partial charge in [0.2, 0.25) is 5.91 Å². The van der Waals surface area contributed by atoms with Crippen molar-refractivity contribution in [2.24, 2.45) is 11.8 Å². The molecule has 2 heterocycles. The van der Waals surface area contributed by atoms with Crippen molar-refractivity contribution in [1.82, 2.24) is 15.2 Å². The van der Waals surface area contributed by atoms with Crippen molar-refractivity contribution >= 4 is 12.0 Å². The van der Waals surface area contributed by atoms with Gasteiger partial charge in [-0.05, 0) is 57.1 Å². The number of hydrogen-bond donors (Lipinski definition) is 1. The molecule has 136 valence electrons. The second-order valence-corrected chi connectivity index (χ2v) is 8.01. The smallest absolute Gasteiger partial charge is 0.410 e. The van der Waals surface area contributed by atoms with Gasteiger partial charge in [0.1, 0.15) is 11.6 Å². The van der Waals surface area contributed by atoms with E-state index in [1.54, 1.807) is 17.3 Å². The molecule has 1 N–H and O–H groups in total. The normalized spacial score (nSPS) is 25.6. The quantitative estimate of drug-likeness (QED) is 0.914. The number of amides is 2. The van der Waals surface area contributed by atoms with Gasteiger partial charge in [0.05, 0.1) is 0 Å². The van der Waals surface area contributed by atoms with Gasteiger partial charge in [-0.25, -0.2) is 4.79 Å². The number of pyridine rings is 1. The summed E-state index contributed by atoms with van der Waals surface area (Å²) in [5.41, 5.74) is 0.381. The molecule has 6 nitrogen and oxygen atoms in total. The molecule has 0 aromatic carbocycles. The van der Waals surface area contributed by atoms with Crippen LogP contribution in [0.25, 0.3) is 0 Å². The van der Waals surface area contributed by atoms with Crippen LogP contribution in [-0.2, 0) is 16.1 Å². The zero-order valence-electron chi connectivity index (χ0n) is 15.2. The SMILES string of the molecule is CC(C)(C)OC(=O)N1CC2CCCC2C1C(=O)NCc1cccnc1. The summed E-state index contributed by atoms with van der Waals surface area (Å²) in [5.74, 6) is 0.548. The summed E-state index contributed by atoms with van der Waals surface area (Å²) in [6.45, 7) is 6.57. The summed E-state index contributed by atoms with van der Waals surface area (Å²) in [5, 5.41) is 2.97. The Balaban J connectivity index is 1.70. The molecule has 3 atom stereocenters. The molecule has 2 aliphatic rings. The molecular weight excluding hydrogens is 318 g/mol. The monoisotopic (exact) mass is 345 g/mol. The maximum atomic E-state index is 12.9. The lowest BCUT2D eigenvalue weighted by molar-refractivity contribution is -0.126. The van der Waals surface area contributed by atoms with Crippen molar-refractivity contribution in [1.29, 1.82) is 0 Å². The van der Waals surface area contributed by atoms with E-state index in [1.165, 1.54) is 0 Å². The van der Waals surface area contributed by atoms with Gasteiger partial charge in [-0.15, -0.1) is 0 Å². The summed E-state index contributed by atoms with van der Waals surface area (Å²) in [4.78, 5) is 31.2. The highest BCUT2D eigenvalue weighted by Gasteiger charge is 2.50. The van der Waals surface area contributed by atoms with Crippen molar-refractivity contribution in [3.63, 3.8) is 0 Å². The van der Waals surface area contributed by atoms with E-state index >= 15 is 0 Å². The van der Waals surface area contributed by atoms with E-state index < -0.39 is 11.6 Å². The summed E-state index contributed by atoms with van der Waals surface area (Å²) in [6, 6.07) is 3.34. The van der Waals surface area contributed by atoms with Crippen molar-refractivity contribution < 1.29 is 14.3 Å². The molecule has 0 radical (unpaired) electrons. The number of likely N-dealkylation sites (tertiary alicyclic amines) is 1. The molecule has 0 spiro atoms. The number of rotatable bonds is 3. The Morgan fingerprint density at radius 2 is 2.16 bits per heavy atom. The van der Waals surface area contributed by atoms with E-state index in [2.05, 4.69) is 10.3 Å². The van der Waals surface area contributed by atoms with Gasteiger partial charge >= 0.3 is 6.09 Å². The largest absolute Gasteiger partial charge is 0.444 e. The second-order valence-electron chi connectivity index (χ2n) is 8.01. The van der Waals surface area contributed by atoms with E-state index in [4.69, 9.17) is 4.74 Å². The third-order valence-corrected chi connectivity index (χ3v) is 4.98. The first-order valence-electron chi connectivity index (χ1n) is 9.01. The number of nitrogens with zero attached hydrogens (tertiary/aromatic N) is 2. The highest BCUT2D eigenvalue weighted by Crippen LogP contribution is 2.42. The molecule has 1 aromatic rings. The molecule has 6 heteroatoms. The van der Waals surface area contributed by atoms with Crippen LogP contribution in [0.3, 0.4) is 0 Å². The third-order valence-electron chi connectivity index (χ3n) is 4.98. The molecule has 1 aromatic heterocycles. The van der Waals surface area contributed by atoms with Crippen LogP contribution in [0.1, 0.15) is 45.6 Å². The van der Waals surface area contributed by atoms with Crippen molar-refractivity contribution in [2.75, 3.05) is 6.54 Å². The molecule has 1 aliphatic carbocycles. The van der Waals surface area contributed by atoms with Gasteiger partial charge in [-0.1, -0.05) is 12.5 Å². The molecule has 1 saturated heterocycles. The zero-order chi connectivity index (χ0) is 18.0. The van der Waals surface area contributed by atoms with Gasteiger partial charge in [0.25, 0.3) is 0 Å². The number of carbonyl (C=O) groups excluding carboxylic acids is 2. The van der Waals surface area contributed by atoms with Crippen LogP contribution in [0.2, 0.25) is 0 Å². The lowest BCUT2D eigenvalue weighted by Crippen LogP contribution is -2.49. The maximum Gasteiger partial charge on any atom is 0.410 e. The molecular formula is C19H27N3O3. The van der Waals surface area contributed by atoms with E-state index in [0.29, 0.717) is 19.0 Å². The predicted octanol–water partition coefficient (Wildman–Crippen LogP) is 2.73. The Morgan fingerprint density at radius 3 is 2.84 bits per heavy atom. The summed E-state index contributed by atoms with van der Waals surface area (Å²) < 4.78 is 5.53. The van der Waals surface area contributed by atoms with Crippen LogP contribution in [-0.4, -0.2) is 40.1 Å². The summed E-state index contributed by atoms with van der Waals surface area (Å²) in [7, 11) is 0. The van der Waals surface area contributed by atoms with Crippen LogP contribution in [0.4, 0.5) is 4.79 Å². The topological polar surface area (TPSA) is 71.5 Å². The average molecular weight is 345 g/mol. The van der Waals surface area contributed by atoms with E-state index in [-0.39, 0.29) is 17.9 Å². The number of ether oxygens (including phenoxy) is 1. The molecule has 3 unspecified atom stereocenters. The van der Waals surface area contributed by atoms with E-state index in [0.717, 1.165) is 24.8 Å². The fourth-order valence-corrected chi connectivity index (χ4v) is 3.95. The van der Waals surface area contributed by atoms with Gasteiger partial charge in [0.15, 0.2) is 0 Å². The van der Waals surface area contributed by atoms with Gasteiger partial charge in [-0.3, -0.25) is 14.7 Å². The number of aromatic nitrogens is 1. The lowest BCUT2D eigenvalue weighted by Gasteiger charge is -2.29. The minimum Gasteiger partial charge on any atom is -0.444 e. The standard InChI is InChI=1S/C19H27N3O3/c1-19(2,3)25-18(24)22-12-14-7-4-8-15(14)16(22)17(23)21-11-13-6-5-9-20-10-13/h5-6,9-10,14-16H,4,7-8,11-12H2,1-3H3,(H,21,23). The fraction of sp³-hybridized carbons (Fsp3) is 0.632. The second kappa shape index (κ2) is 7.02. The molecule has 1 saturated carbocycles. The summed E-state index contributed by atoms with van der Waals surface area (Å²) in [6.07, 6.45) is 6.26. The van der Waals surface area contributed by atoms with Crippen molar-refractivity contribution in [2.45, 2.75) is 58.2 Å². The fourth-order valence-electron chi connectivity index (χ4n) is 3.95. The molecule has 1 aliphatic heterocycles. The average Bonchev–Trinajstić information content (AvgIpc) is 3.12. The van der Waals surface area contributed by atoms with Crippen LogP contribution >= 0.6 is 0 Å². The Kier molecular flexibility index (Phi) is 4.97. The molecule has 0 bridgehead atoms. The number of carbonyl (C=O) groups is 2. The number of nitrogens with one attached hydrogen (secondary N) is 1. The molecule has 3 rings (SSSR count). The maximum absolute atomic E-state index is 12.9. The molecule has 2 amide bonds. The van der Waals surface area contributed by atoms with Crippen molar-refractivity contribution in [3.8, 4) is 0 Å². The lowest BCUT2D eigenvalue weighted by atomic mass is 9.93. The highest BCUT2D eigenvalue weighted by atomic mass is 16.6. The summed E-state index contributed by atoms with van der Waals surface area (Å²) >= 11 is 0. The van der Waals surface area contributed by atoms with Gasteiger partial charge < -0.3 is 10.1 Å². The van der Waals surface area contributed by atoms with Crippen LogP contribution in [0, 0.1) is 11.8 Å². The zero-order valence-corrected chi connectivity index (χ0v) is 15.2. The molecule has 2 fully saturated rings.